The van der Waals surface area contributed by atoms with Gasteiger partial charge in [0, 0.05) is 37.8 Å². The van der Waals surface area contributed by atoms with Gasteiger partial charge in [-0.1, -0.05) is 12.1 Å². The highest BCUT2D eigenvalue weighted by molar-refractivity contribution is 5.89. The summed E-state index contributed by atoms with van der Waals surface area (Å²) >= 11 is 0. The smallest absolute Gasteiger partial charge is 0.143 e. The maximum Gasteiger partial charge on any atom is 0.143 e. The number of nitrogens with one attached hydrogen (secondary N) is 1. The van der Waals surface area contributed by atoms with E-state index >= 15 is 0 Å². The van der Waals surface area contributed by atoms with Crippen LogP contribution in [0.3, 0.4) is 0 Å². The summed E-state index contributed by atoms with van der Waals surface area (Å²) in [6, 6.07) is 6.59. The van der Waals surface area contributed by atoms with E-state index in [-0.39, 0.29) is 0 Å². The molecule has 0 aliphatic carbocycles. The van der Waals surface area contributed by atoms with Crippen LogP contribution in [-0.2, 0) is 11.8 Å². The summed E-state index contributed by atoms with van der Waals surface area (Å²) in [5.41, 5.74) is 2.49. The van der Waals surface area contributed by atoms with Gasteiger partial charge in [0.05, 0.1) is 19.2 Å². The third-order valence-electron chi connectivity index (χ3n) is 3.78. The van der Waals surface area contributed by atoms with Gasteiger partial charge in [-0.15, -0.1) is 0 Å². The maximum atomic E-state index is 5.52. The molecule has 4 heteroatoms. The summed E-state index contributed by atoms with van der Waals surface area (Å²) in [4.78, 5) is 0. The fraction of sp³-hybridized carbons (Fsp3) is 0.467. The molecule has 2 heterocycles. The van der Waals surface area contributed by atoms with Gasteiger partial charge in [-0.2, -0.15) is 0 Å². The van der Waals surface area contributed by atoms with E-state index in [1.165, 1.54) is 10.9 Å². The predicted molar refractivity (Wildman–Crippen MR) is 75.7 cm³/mol. The third-order valence-corrected chi connectivity index (χ3v) is 3.78. The van der Waals surface area contributed by atoms with Crippen molar-refractivity contribution in [3.63, 3.8) is 0 Å². The Morgan fingerprint density at radius 3 is 3.11 bits per heavy atom. The Labute approximate surface area is 113 Å². The first kappa shape index (κ1) is 12.5. The van der Waals surface area contributed by atoms with Gasteiger partial charge in [0.15, 0.2) is 0 Å². The highest BCUT2D eigenvalue weighted by Gasteiger charge is 2.19. The Morgan fingerprint density at radius 2 is 2.26 bits per heavy atom. The lowest BCUT2D eigenvalue weighted by Gasteiger charge is -2.14. The summed E-state index contributed by atoms with van der Waals surface area (Å²) in [5, 5.41) is 4.83. The van der Waals surface area contributed by atoms with Crippen molar-refractivity contribution in [2.75, 3.05) is 26.9 Å². The van der Waals surface area contributed by atoms with Crippen molar-refractivity contribution in [3.05, 3.63) is 30.0 Å². The molecular formula is C15H20N2O2. The van der Waals surface area contributed by atoms with Gasteiger partial charge in [-0.25, -0.2) is 0 Å². The highest BCUT2D eigenvalue weighted by Crippen LogP contribution is 2.33. The molecule has 1 aliphatic heterocycles. The SMILES string of the molecule is COc1cccc2c(C3CCOCCN3)cn(C)c12. The van der Waals surface area contributed by atoms with Gasteiger partial charge < -0.3 is 19.4 Å². The van der Waals surface area contributed by atoms with Crippen LogP contribution in [0, 0.1) is 0 Å². The summed E-state index contributed by atoms with van der Waals surface area (Å²) < 4.78 is 13.1. The minimum absolute atomic E-state index is 0.360. The lowest BCUT2D eigenvalue weighted by atomic mass is 10.0. The number of nitrogens with zero attached hydrogens (tertiary/aromatic N) is 1. The van der Waals surface area contributed by atoms with Crippen LogP contribution in [0.15, 0.2) is 24.4 Å². The molecule has 19 heavy (non-hydrogen) atoms. The van der Waals surface area contributed by atoms with E-state index in [9.17, 15) is 0 Å². The van der Waals surface area contributed by atoms with Gasteiger partial charge >= 0.3 is 0 Å². The summed E-state index contributed by atoms with van der Waals surface area (Å²) in [6.45, 7) is 2.52. The molecule has 1 aliphatic rings. The molecule has 0 radical (unpaired) electrons. The van der Waals surface area contributed by atoms with Crippen LogP contribution in [0.25, 0.3) is 10.9 Å². The monoisotopic (exact) mass is 260 g/mol. The van der Waals surface area contributed by atoms with Crippen molar-refractivity contribution < 1.29 is 9.47 Å². The van der Waals surface area contributed by atoms with E-state index < -0.39 is 0 Å². The molecule has 1 N–H and O–H groups in total. The molecule has 0 spiro atoms. The van der Waals surface area contributed by atoms with Crippen molar-refractivity contribution in [2.24, 2.45) is 7.05 Å². The Hall–Kier alpha value is -1.52. The first-order chi connectivity index (χ1) is 9.31. The minimum atomic E-state index is 0.360. The summed E-state index contributed by atoms with van der Waals surface area (Å²) in [7, 11) is 3.79. The van der Waals surface area contributed by atoms with Crippen LogP contribution in [0.4, 0.5) is 0 Å². The zero-order valence-corrected chi connectivity index (χ0v) is 11.5. The highest BCUT2D eigenvalue weighted by atomic mass is 16.5. The van der Waals surface area contributed by atoms with Crippen LogP contribution < -0.4 is 10.1 Å². The second-order valence-electron chi connectivity index (χ2n) is 4.96. The first-order valence-corrected chi connectivity index (χ1v) is 6.74. The van der Waals surface area contributed by atoms with E-state index in [0.29, 0.717) is 6.04 Å². The fourth-order valence-corrected chi connectivity index (χ4v) is 2.88. The van der Waals surface area contributed by atoms with Gasteiger partial charge in [-0.05, 0) is 18.1 Å². The number of ether oxygens (including phenoxy) is 2. The largest absolute Gasteiger partial charge is 0.495 e. The van der Waals surface area contributed by atoms with Crippen molar-refractivity contribution in [3.8, 4) is 5.75 Å². The molecule has 0 amide bonds. The number of fused-ring (bicyclic) bond motifs is 1. The quantitative estimate of drug-likeness (QED) is 0.899. The number of aromatic nitrogens is 1. The van der Waals surface area contributed by atoms with E-state index in [0.717, 1.165) is 37.4 Å². The molecular weight excluding hydrogens is 240 g/mol. The summed E-state index contributed by atoms with van der Waals surface area (Å²) in [6.07, 6.45) is 3.21. The van der Waals surface area contributed by atoms with Crippen molar-refractivity contribution in [1.29, 1.82) is 0 Å². The average Bonchev–Trinajstić information content (AvgIpc) is 2.65. The molecule has 1 aromatic carbocycles. The zero-order chi connectivity index (χ0) is 13.2. The Balaban J connectivity index is 2.08. The second-order valence-corrected chi connectivity index (χ2v) is 4.96. The zero-order valence-electron chi connectivity index (χ0n) is 11.5. The van der Waals surface area contributed by atoms with Crippen molar-refractivity contribution >= 4 is 10.9 Å². The number of para-hydroxylation sites is 1. The van der Waals surface area contributed by atoms with E-state index in [2.05, 4.69) is 35.3 Å². The van der Waals surface area contributed by atoms with Crippen LogP contribution in [0.1, 0.15) is 18.0 Å². The lowest BCUT2D eigenvalue weighted by Crippen LogP contribution is -2.21. The maximum absolute atomic E-state index is 5.52. The van der Waals surface area contributed by atoms with Crippen molar-refractivity contribution in [1.82, 2.24) is 9.88 Å². The van der Waals surface area contributed by atoms with Gasteiger partial charge in [-0.3, -0.25) is 0 Å². The van der Waals surface area contributed by atoms with Gasteiger partial charge in [0.1, 0.15) is 5.75 Å². The van der Waals surface area contributed by atoms with E-state index in [1.54, 1.807) is 7.11 Å². The van der Waals surface area contributed by atoms with E-state index in [1.807, 2.05) is 6.07 Å². The normalized spacial score (nSPS) is 20.4. The van der Waals surface area contributed by atoms with Crippen LogP contribution in [0.2, 0.25) is 0 Å². The number of benzene rings is 1. The van der Waals surface area contributed by atoms with Crippen LogP contribution in [0.5, 0.6) is 5.75 Å². The average molecular weight is 260 g/mol. The molecule has 1 aromatic heterocycles. The number of aryl methyl sites for hydroxylation is 1. The molecule has 0 bridgehead atoms. The van der Waals surface area contributed by atoms with Gasteiger partial charge in [0.2, 0.25) is 0 Å². The van der Waals surface area contributed by atoms with E-state index in [4.69, 9.17) is 9.47 Å². The Kier molecular flexibility index (Phi) is 3.44. The molecule has 0 saturated carbocycles. The lowest BCUT2D eigenvalue weighted by molar-refractivity contribution is 0.150. The van der Waals surface area contributed by atoms with Crippen molar-refractivity contribution in [2.45, 2.75) is 12.5 Å². The molecule has 4 nitrogen and oxygen atoms in total. The fourth-order valence-electron chi connectivity index (χ4n) is 2.88. The number of hydrogen-bond donors (Lipinski definition) is 1. The second kappa shape index (κ2) is 5.23. The predicted octanol–water partition coefficient (Wildman–Crippen LogP) is 2.24. The van der Waals surface area contributed by atoms with Crippen LogP contribution in [-0.4, -0.2) is 31.4 Å². The van der Waals surface area contributed by atoms with Crippen LogP contribution >= 0.6 is 0 Å². The minimum Gasteiger partial charge on any atom is -0.495 e. The topological polar surface area (TPSA) is 35.4 Å². The first-order valence-electron chi connectivity index (χ1n) is 6.74. The molecule has 1 saturated heterocycles. The molecule has 1 fully saturated rings. The number of rotatable bonds is 2. The standard InChI is InChI=1S/C15H20N2O2/c1-17-10-12(13-6-8-19-9-7-16-13)11-4-3-5-14(18-2)15(11)17/h3-5,10,13,16H,6-9H2,1-2H3. The Bertz CT molecular complexity index is 569. The number of methoxy groups -OCH3 is 1. The molecule has 102 valence electrons. The molecule has 1 atom stereocenters. The molecule has 2 aromatic rings. The number of hydrogen-bond acceptors (Lipinski definition) is 3. The Morgan fingerprint density at radius 1 is 1.37 bits per heavy atom. The van der Waals surface area contributed by atoms with Gasteiger partial charge in [0.25, 0.3) is 0 Å². The third kappa shape index (κ3) is 2.22. The molecule has 1 unspecified atom stereocenters. The summed E-state index contributed by atoms with van der Waals surface area (Å²) in [5.74, 6) is 0.927. The molecule has 3 rings (SSSR count).